The molecule has 0 spiro atoms. The normalized spacial score (nSPS) is 10.4. The third kappa shape index (κ3) is 3.56. The fourth-order valence-electron chi connectivity index (χ4n) is 2.38. The molecule has 1 amide bonds. The third-order valence-corrected chi connectivity index (χ3v) is 3.72. The molecule has 5 nitrogen and oxygen atoms in total. The van der Waals surface area contributed by atoms with Gasteiger partial charge in [0.15, 0.2) is 0 Å². The molecule has 5 heteroatoms. The van der Waals surface area contributed by atoms with Crippen molar-refractivity contribution in [2.24, 2.45) is 0 Å². The first-order valence-corrected chi connectivity index (χ1v) is 7.58. The zero-order valence-corrected chi connectivity index (χ0v) is 13.7. The maximum absolute atomic E-state index is 12.6. The molecule has 0 bridgehead atoms. The van der Waals surface area contributed by atoms with Crippen LogP contribution in [0.2, 0.25) is 0 Å². The highest BCUT2D eigenvalue weighted by atomic mass is 16.2. The smallest absolute Gasteiger partial charge is 0.278 e. The second-order valence-corrected chi connectivity index (χ2v) is 5.34. The van der Waals surface area contributed by atoms with Crippen LogP contribution in [-0.4, -0.2) is 21.6 Å². The molecule has 0 saturated carbocycles. The number of nitrogens with one attached hydrogen (secondary N) is 1. The molecule has 2 rings (SSSR count). The van der Waals surface area contributed by atoms with Gasteiger partial charge in [0, 0.05) is 28.9 Å². The summed E-state index contributed by atoms with van der Waals surface area (Å²) < 4.78 is 1.42. The number of carbonyl (C=O) groups is 2. The average molecular weight is 311 g/mol. The average Bonchev–Trinajstić information content (AvgIpc) is 2.83. The molecular weight excluding hydrogens is 290 g/mol. The zero-order chi connectivity index (χ0) is 17.0. The van der Waals surface area contributed by atoms with Crippen molar-refractivity contribution in [2.75, 3.05) is 5.32 Å². The van der Waals surface area contributed by atoms with Gasteiger partial charge in [-0.05, 0) is 44.5 Å². The SMILES string of the molecule is C=CCc1c(C)nn(C(=O)c2ccc(NC(=O)CC)cc2)c1C. The van der Waals surface area contributed by atoms with Crippen LogP contribution in [0.15, 0.2) is 36.9 Å². The Morgan fingerprint density at radius 3 is 2.48 bits per heavy atom. The first-order chi connectivity index (χ1) is 11.0. The van der Waals surface area contributed by atoms with Crippen molar-refractivity contribution in [1.29, 1.82) is 0 Å². The molecule has 0 aliphatic heterocycles. The van der Waals surface area contributed by atoms with Crippen LogP contribution in [0, 0.1) is 13.8 Å². The number of rotatable bonds is 5. The van der Waals surface area contributed by atoms with Gasteiger partial charge in [0.1, 0.15) is 0 Å². The Balaban J connectivity index is 2.25. The van der Waals surface area contributed by atoms with E-state index in [0.717, 1.165) is 17.0 Å². The molecule has 0 aliphatic carbocycles. The van der Waals surface area contributed by atoms with Crippen LogP contribution in [0.3, 0.4) is 0 Å². The Morgan fingerprint density at radius 1 is 1.26 bits per heavy atom. The Hall–Kier alpha value is -2.69. The van der Waals surface area contributed by atoms with Gasteiger partial charge in [-0.2, -0.15) is 5.10 Å². The summed E-state index contributed by atoms with van der Waals surface area (Å²) in [6.07, 6.45) is 2.91. The number of hydrogen-bond acceptors (Lipinski definition) is 3. The molecule has 0 atom stereocenters. The van der Waals surface area contributed by atoms with Crippen molar-refractivity contribution >= 4 is 17.5 Å². The van der Waals surface area contributed by atoms with Gasteiger partial charge in [0.2, 0.25) is 5.91 Å². The first kappa shape index (κ1) is 16.7. The summed E-state index contributed by atoms with van der Waals surface area (Å²) in [5.74, 6) is -0.244. The van der Waals surface area contributed by atoms with E-state index in [2.05, 4.69) is 17.0 Å². The maximum Gasteiger partial charge on any atom is 0.278 e. The molecule has 0 aliphatic rings. The van der Waals surface area contributed by atoms with E-state index in [1.54, 1.807) is 37.3 Å². The molecule has 1 N–H and O–H groups in total. The summed E-state index contributed by atoms with van der Waals surface area (Å²) in [5.41, 5.74) is 3.89. The van der Waals surface area contributed by atoms with Crippen LogP contribution in [0.25, 0.3) is 0 Å². The minimum Gasteiger partial charge on any atom is -0.326 e. The molecular formula is C18H21N3O2. The van der Waals surface area contributed by atoms with E-state index >= 15 is 0 Å². The van der Waals surface area contributed by atoms with Crippen LogP contribution in [-0.2, 0) is 11.2 Å². The molecule has 0 saturated heterocycles. The minimum atomic E-state index is -0.186. The van der Waals surface area contributed by atoms with Crippen LogP contribution >= 0.6 is 0 Å². The van der Waals surface area contributed by atoms with Crippen molar-refractivity contribution in [3.8, 4) is 0 Å². The van der Waals surface area contributed by atoms with Gasteiger partial charge >= 0.3 is 0 Å². The number of hydrogen-bond donors (Lipinski definition) is 1. The van der Waals surface area contributed by atoms with E-state index in [0.29, 0.717) is 24.1 Å². The molecule has 120 valence electrons. The fraction of sp³-hybridized carbons (Fsp3) is 0.278. The number of aryl methyl sites for hydroxylation is 1. The second kappa shape index (κ2) is 7.05. The molecule has 2 aromatic rings. The van der Waals surface area contributed by atoms with E-state index < -0.39 is 0 Å². The van der Waals surface area contributed by atoms with E-state index in [-0.39, 0.29) is 11.8 Å². The summed E-state index contributed by atoms with van der Waals surface area (Å²) >= 11 is 0. The number of carbonyl (C=O) groups excluding carboxylic acids is 2. The van der Waals surface area contributed by atoms with Gasteiger partial charge in [-0.15, -0.1) is 6.58 Å². The standard InChI is InChI=1S/C18H21N3O2/c1-5-7-16-12(3)20-21(13(16)4)18(23)14-8-10-15(11-9-14)19-17(22)6-2/h5,8-11H,1,6-7H2,2-4H3,(H,19,22). The number of allylic oxidation sites excluding steroid dienone is 1. The van der Waals surface area contributed by atoms with Crippen molar-refractivity contribution in [2.45, 2.75) is 33.6 Å². The number of benzene rings is 1. The monoisotopic (exact) mass is 311 g/mol. The lowest BCUT2D eigenvalue weighted by atomic mass is 10.1. The second-order valence-electron chi connectivity index (χ2n) is 5.34. The predicted molar refractivity (Wildman–Crippen MR) is 90.7 cm³/mol. The molecule has 0 radical (unpaired) electrons. The van der Waals surface area contributed by atoms with Crippen molar-refractivity contribution in [3.05, 3.63) is 59.4 Å². The van der Waals surface area contributed by atoms with Crippen LogP contribution < -0.4 is 5.32 Å². The molecule has 0 unspecified atom stereocenters. The summed E-state index contributed by atoms with van der Waals surface area (Å²) in [6.45, 7) is 9.29. The topological polar surface area (TPSA) is 64.0 Å². The number of anilines is 1. The van der Waals surface area contributed by atoms with E-state index in [1.807, 2.05) is 13.8 Å². The summed E-state index contributed by atoms with van der Waals surface area (Å²) in [6, 6.07) is 6.82. The summed E-state index contributed by atoms with van der Waals surface area (Å²) in [4.78, 5) is 24.0. The number of aromatic nitrogens is 2. The summed E-state index contributed by atoms with van der Waals surface area (Å²) in [7, 11) is 0. The quantitative estimate of drug-likeness (QED) is 0.862. The van der Waals surface area contributed by atoms with Gasteiger partial charge in [-0.1, -0.05) is 13.0 Å². The molecule has 0 fully saturated rings. The largest absolute Gasteiger partial charge is 0.326 e. The van der Waals surface area contributed by atoms with Crippen molar-refractivity contribution in [1.82, 2.24) is 9.78 Å². The maximum atomic E-state index is 12.6. The number of nitrogens with zero attached hydrogens (tertiary/aromatic N) is 2. The Kier molecular flexibility index (Phi) is 5.11. The van der Waals surface area contributed by atoms with Crippen molar-refractivity contribution in [3.63, 3.8) is 0 Å². The lowest BCUT2D eigenvalue weighted by Crippen LogP contribution is -2.16. The Morgan fingerprint density at radius 2 is 1.91 bits per heavy atom. The minimum absolute atomic E-state index is 0.0586. The van der Waals surface area contributed by atoms with Gasteiger partial charge in [0.05, 0.1) is 5.69 Å². The summed E-state index contributed by atoms with van der Waals surface area (Å²) in [5, 5.41) is 7.09. The van der Waals surface area contributed by atoms with E-state index in [1.165, 1.54) is 4.68 Å². The lowest BCUT2D eigenvalue weighted by Gasteiger charge is -2.06. The highest BCUT2D eigenvalue weighted by molar-refractivity contribution is 5.97. The lowest BCUT2D eigenvalue weighted by molar-refractivity contribution is -0.115. The van der Waals surface area contributed by atoms with Gasteiger partial charge in [-0.25, -0.2) is 4.68 Å². The molecule has 1 aromatic heterocycles. The fourth-order valence-corrected chi connectivity index (χ4v) is 2.38. The van der Waals surface area contributed by atoms with Gasteiger partial charge < -0.3 is 5.32 Å². The van der Waals surface area contributed by atoms with E-state index in [9.17, 15) is 9.59 Å². The Bertz CT molecular complexity index is 742. The van der Waals surface area contributed by atoms with Gasteiger partial charge in [-0.3, -0.25) is 9.59 Å². The highest BCUT2D eigenvalue weighted by Gasteiger charge is 2.17. The zero-order valence-electron chi connectivity index (χ0n) is 13.7. The van der Waals surface area contributed by atoms with E-state index in [4.69, 9.17) is 0 Å². The van der Waals surface area contributed by atoms with Crippen LogP contribution in [0.1, 0.15) is 40.7 Å². The molecule has 23 heavy (non-hydrogen) atoms. The molecule has 1 heterocycles. The van der Waals surface area contributed by atoms with Crippen molar-refractivity contribution < 1.29 is 9.59 Å². The Labute approximate surface area is 136 Å². The van der Waals surface area contributed by atoms with Gasteiger partial charge in [0.25, 0.3) is 5.91 Å². The van der Waals surface area contributed by atoms with Crippen LogP contribution in [0.5, 0.6) is 0 Å². The highest BCUT2D eigenvalue weighted by Crippen LogP contribution is 2.17. The third-order valence-electron chi connectivity index (χ3n) is 3.72. The molecule has 1 aromatic carbocycles. The first-order valence-electron chi connectivity index (χ1n) is 7.58. The predicted octanol–water partition coefficient (Wildman–Crippen LogP) is 3.27. The number of amides is 1. The van der Waals surface area contributed by atoms with Crippen LogP contribution in [0.4, 0.5) is 5.69 Å².